The number of anilines is 1. The summed E-state index contributed by atoms with van der Waals surface area (Å²) in [6.07, 6.45) is 1.88. The number of thioether (sulfide) groups is 1. The third-order valence-electron chi connectivity index (χ3n) is 3.42. The van der Waals surface area contributed by atoms with Crippen LogP contribution in [0, 0.1) is 0 Å². The molecular weight excluding hydrogens is 367 g/mol. The van der Waals surface area contributed by atoms with Gasteiger partial charge in [-0.3, -0.25) is 4.79 Å². The minimum Gasteiger partial charge on any atom is -0.495 e. The fraction of sp³-hybridized carbons (Fsp3) is 0.118. The molecule has 3 aromatic rings. The fourth-order valence-electron chi connectivity index (χ4n) is 2.30. The lowest BCUT2D eigenvalue weighted by Crippen LogP contribution is -2.13. The Morgan fingerprint density at radius 1 is 1.25 bits per heavy atom. The Hall–Kier alpha value is -1.82. The quantitative estimate of drug-likeness (QED) is 0.597. The number of hydrogen-bond acceptors (Lipinski definition) is 3. The predicted molar refractivity (Wildman–Crippen MR) is 101 cm³/mol. The van der Waals surface area contributed by atoms with Gasteiger partial charge in [-0.1, -0.05) is 35.3 Å². The van der Waals surface area contributed by atoms with Gasteiger partial charge in [0.05, 0.1) is 28.4 Å². The van der Waals surface area contributed by atoms with Crippen molar-refractivity contribution >= 4 is 57.5 Å². The van der Waals surface area contributed by atoms with Gasteiger partial charge in [0.25, 0.3) is 0 Å². The molecule has 0 atom stereocenters. The van der Waals surface area contributed by atoms with Gasteiger partial charge in [0.2, 0.25) is 5.91 Å². The Bertz CT molecular complexity index is 895. The summed E-state index contributed by atoms with van der Waals surface area (Å²) in [5.41, 5.74) is 1.54. The zero-order valence-electron chi connectivity index (χ0n) is 12.7. The van der Waals surface area contributed by atoms with E-state index < -0.39 is 0 Å². The van der Waals surface area contributed by atoms with E-state index in [1.807, 2.05) is 24.4 Å². The molecule has 1 aromatic heterocycles. The van der Waals surface area contributed by atoms with Crippen molar-refractivity contribution in [3.8, 4) is 5.75 Å². The van der Waals surface area contributed by atoms with Crippen molar-refractivity contribution in [3.63, 3.8) is 0 Å². The molecular formula is C17H14Cl2N2O2S. The summed E-state index contributed by atoms with van der Waals surface area (Å²) in [7, 11) is 1.63. The Balaban J connectivity index is 1.67. The Morgan fingerprint density at radius 2 is 2.08 bits per heavy atom. The number of carbonyl (C=O) groups is 1. The molecule has 124 valence electrons. The Morgan fingerprint density at radius 3 is 2.83 bits per heavy atom. The average molecular weight is 381 g/mol. The van der Waals surface area contributed by atoms with Gasteiger partial charge in [-0.2, -0.15) is 0 Å². The molecule has 0 saturated heterocycles. The van der Waals surface area contributed by atoms with Crippen LogP contribution in [-0.2, 0) is 4.79 Å². The number of hydrogen-bond donors (Lipinski definition) is 2. The number of ether oxygens (including phenoxy) is 1. The normalized spacial score (nSPS) is 10.8. The van der Waals surface area contributed by atoms with Gasteiger partial charge < -0.3 is 15.0 Å². The number of fused-ring (bicyclic) bond motifs is 1. The summed E-state index contributed by atoms with van der Waals surface area (Å²) in [6.45, 7) is 0. The number of aromatic amines is 1. The molecule has 0 aliphatic rings. The number of methoxy groups -OCH3 is 1. The van der Waals surface area contributed by atoms with Crippen molar-refractivity contribution in [2.75, 3.05) is 18.2 Å². The van der Waals surface area contributed by atoms with Gasteiger partial charge in [-0.05, 0) is 24.3 Å². The lowest BCUT2D eigenvalue weighted by molar-refractivity contribution is -0.113. The summed E-state index contributed by atoms with van der Waals surface area (Å²) in [5, 5.41) is 4.70. The highest BCUT2D eigenvalue weighted by molar-refractivity contribution is 8.00. The molecule has 1 amide bonds. The molecule has 24 heavy (non-hydrogen) atoms. The van der Waals surface area contributed by atoms with Crippen LogP contribution in [0.2, 0.25) is 10.0 Å². The molecule has 3 rings (SSSR count). The van der Waals surface area contributed by atoms with Crippen LogP contribution in [0.3, 0.4) is 0 Å². The molecule has 0 fully saturated rings. The van der Waals surface area contributed by atoms with Crippen LogP contribution in [0.4, 0.5) is 5.69 Å². The first-order valence-electron chi connectivity index (χ1n) is 7.10. The maximum Gasteiger partial charge on any atom is 0.234 e. The molecule has 0 unspecified atom stereocenters. The lowest BCUT2D eigenvalue weighted by Gasteiger charge is -2.06. The zero-order chi connectivity index (χ0) is 17.1. The maximum absolute atomic E-state index is 12.1. The molecule has 4 nitrogen and oxygen atoms in total. The molecule has 7 heteroatoms. The van der Waals surface area contributed by atoms with E-state index in [4.69, 9.17) is 27.9 Å². The molecule has 0 aliphatic heterocycles. The number of rotatable bonds is 5. The molecule has 0 aliphatic carbocycles. The SMILES string of the molecule is COc1cccc2c(SCC(=O)Nc3ccc(Cl)c(Cl)c3)c[nH]c12. The summed E-state index contributed by atoms with van der Waals surface area (Å²) >= 11 is 13.3. The van der Waals surface area contributed by atoms with E-state index in [-0.39, 0.29) is 11.7 Å². The van der Waals surface area contributed by atoms with E-state index in [0.717, 1.165) is 21.5 Å². The molecule has 0 saturated carbocycles. The van der Waals surface area contributed by atoms with Crippen LogP contribution in [0.5, 0.6) is 5.75 Å². The van der Waals surface area contributed by atoms with Crippen LogP contribution in [0.15, 0.2) is 47.5 Å². The average Bonchev–Trinajstić information content (AvgIpc) is 2.99. The molecule has 2 aromatic carbocycles. The topological polar surface area (TPSA) is 54.1 Å². The predicted octanol–water partition coefficient (Wildman–Crippen LogP) is 5.21. The summed E-state index contributed by atoms with van der Waals surface area (Å²) < 4.78 is 5.32. The highest BCUT2D eigenvalue weighted by Gasteiger charge is 2.11. The second kappa shape index (κ2) is 7.38. The van der Waals surface area contributed by atoms with Crippen LogP contribution in [-0.4, -0.2) is 23.8 Å². The number of aromatic nitrogens is 1. The van der Waals surface area contributed by atoms with Gasteiger partial charge in [0.1, 0.15) is 5.75 Å². The first kappa shape index (κ1) is 17.0. The van der Waals surface area contributed by atoms with E-state index in [0.29, 0.717) is 15.7 Å². The molecule has 0 bridgehead atoms. The van der Waals surface area contributed by atoms with Gasteiger partial charge in [-0.15, -0.1) is 11.8 Å². The monoisotopic (exact) mass is 380 g/mol. The van der Waals surface area contributed by atoms with E-state index in [9.17, 15) is 4.79 Å². The second-order valence-corrected chi connectivity index (χ2v) is 6.83. The highest BCUT2D eigenvalue weighted by Crippen LogP contribution is 2.33. The third kappa shape index (κ3) is 3.64. The first-order chi connectivity index (χ1) is 11.6. The number of H-pyrrole nitrogens is 1. The zero-order valence-corrected chi connectivity index (χ0v) is 15.1. The number of amides is 1. The van der Waals surface area contributed by atoms with Crippen molar-refractivity contribution in [1.29, 1.82) is 0 Å². The van der Waals surface area contributed by atoms with Crippen LogP contribution in [0.1, 0.15) is 0 Å². The van der Waals surface area contributed by atoms with E-state index >= 15 is 0 Å². The highest BCUT2D eigenvalue weighted by atomic mass is 35.5. The van der Waals surface area contributed by atoms with Gasteiger partial charge in [0, 0.05) is 22.2 Å². The fourth-order valence-corrected chi connectivity index (χ4v) is 3.43. The van der Waals surface area contributed by atoms with Crippen LogP contribution >= 0.6 is 35.0 Å². The van der Waals surface area contributed by atoms with Crippen molar-refractivity contribution in [1.82, 2.24) is 4.98 Å². The summed E-state index contributed by atoms with van der Waals surface area (Å²) in [5.74, 6) is 0.944. The number of para-hydroxylation sites is 1. The van der Waals surface area contributed by atoms with E-state index in [1.165, 1.54) is 11.8 Å². The smallest absolute Gasteiger partial charge is 0.234 e. The molecule has 0 spiro atoms. The molecule has 2 N–H and O–H groups in total. The van der Waals surface area contributed by atoms with E-state index in [1.54, 1.807) is 25.3 Å². The van der Waals surface area contributed by atoms with Crippen molar-refractivity contribution in [2.24, 2.45) is 0 Å². The van der Waals surface area contributed by atoms with Crippen LogP contribution < -0.4 is 10.1 Å². The lowest BCUT2D eigenvalue weighted by atomic mass is 10.2. The van der Waals surface area contributed by atoms with Gasteiger partial charge >= 0.3 is 0 Å². The maximum atomic E-state index is 12.1. The Labute approximate surface area is 153 Å². The molecule has 1 heterocycles. The largest absolute Gasteiger partial charge is 0.495 e. The van der Waals surface area contributed by atoms with Crippen molar-refractivity contribution < 1.29 is 9.53 Å². The van der Waals surface area contributed by atoms with Gasteiger partial charge in [-0.25, -0.2) is 0 Å². The van der Waals surface area contributed by atoms with Crippen molar-refractivity contribution in [3.05, 3.63) is 52.6 Å². The van der Waals surface area contributed by atoms with E-state index in [2.05, 4.69) is 10.3 Å². The summed E-state index contributed by atoms with van der Waals surface area (Å²) in [6, 6.07) is 10.8. The second-order valence-electron chi connectivity index (χ2n) is 5.00. The standard InChI is InChI=1S/C17H14Cl2N2O2S/c1-23-14-4-2-3-11-15(8-20-17(11)14)24-9-16(22)21-10-5-6-12(18)13(19)7-10/h2-8,20H,9H2,1H3,(H,21,22). The third-order valence-corrected chi connectivity index (χ3v) is 5.22. The minimum atomic E-state index is -0.115. The van der Waals surface area contributed by atoms with Crippen LogP contribution in [0.25, 0.3) is 10.9 Å². The van der Waals surface area contributed by atoms with Gasteiger partial charge in [0.15, 0.2) is 0 Å². The number of benzene rings is 2. The number of halogens is 2. The number of carbonyl (C=O) groups excluding carboxylic acids is 1. The minimum absolute atomic E-state index is 0.115. The number of nitrogens with one attached hydrogen (secondary N) is 2. The first-order valence-corrected chi connectivity index (χ1v) is 8.84. The Kier molecular flexibility index (Phi) is 5.23. The van der Waals surface area contributed by atoms with Crippen molar-refractivity contribution in [2.45, 2.75) is 4.90 Å². The molecule has 0 radical (unpaired) electrons. The summed E-state index contributed by atoms with van der Waals surface area (Å²) in [4.78, 5) is 16.3.